The second kappa shape index (κ2) is 7.75. The summed E-state index contributed by atoms with van der Waals surface area (Å²) in [5.74, 6) is 0.792. The molecule has 0 bridgehead atoms. The molecule has 2 aromatic heterocycles. The molecule has 0 saturated carbocycles. The largest absolute Gasteiger partial charge is 0.369 e. The number of carbonyl (C=O) groups excluding carboxylic acids is 1. The standard InChI is InChI=1S/C15H20N4OS/c1-19(2)8-7-16-14-6-5-12(11-17-14)18-15(20)10-13-4-3-9-21-13/h3-6,9,11H,7-8,10H2,1-2H3,(H,16,17)(H,18,20). The highest BCUT2D eigenvalue weighted by Crippen LogP contribution is 2.12. The van der Waals surface area contributed by atoms with Gasteiger partial charge in [-0.25, -0.2) is 4.98 Å². The minimum absolute atomic E-state index is 0.0208. The topological polar surface area (TPSA) is 57.3 Å². The van der Waals surface area contributed by atoms with Crippen molar-refractivity contribution in [1.29, 1.82) is 0 Å². The van der Waals surface area contributed by atoms with Gasteiger partial charge in [-0.3, -0.25) is 4.79 Å². The predicted octanol–water partition coefficient (Wildman–Crippen LogP) is 2.30. The van der Waals surface area contributed by atoms with Crippen molar-refractivity contribution in [3.05, 3.63) is 40.7 Å². The molecule has 5 nitrogen and oxygen atoms in total. The first-order valence-corrected chi connectivity index (χ1v) is 7.68. The number of rotatable bonds is 7. The zero-order valence-corrected chi connectivity index (χ0v) is 13.1. The molecule has 0 unspecified atom stereocenters. The van der Waals surface area contributed by atoms with Crippen LogP contribution < -0.4 is 10.6 Å². The molecule has 2 N–H and O–H groups in total. The first kappa shape index (κ1) is 15.5. The maximum absolute atomic E-state index is 11.9. The average molecular weight is 304 g/mol. The predicted molar refractivity (Wildman–Crippen MR) is 87.9 cm³/mol. The van der Waals surface area contributed by atoms with Gasteiger partial charge in [0.15, 0.2) is 0 Å². The molecular formula is C15H20N4OS. The van der Waals surface area contributed by atoms with Crippen LogP contribution in [0.4, 0.5) is 11.5 Å². The van der Waals surface area contributed by atoms with E-state index in [1.165, 1.54) is 0 Å². The lowest BCUT2D eigenvalue weighted by Crippen LogP contribution is -2.21. The second-order valence-corrected chi connectivity index (χ2v) is 6.00. The number of amides is 1. The zero-order chi connectivity index (χ0) is 15.1. The Bertz CT molecular complexity index is 552. The number of nitrogens with one attached hydrogen (secondary N) is 2. The van der Waals surface area contributed by atoms with Crippen LogP contribution in [0.3, 0.4) is 0 Å². The Balaban J connectivity index is 1.80. The lowest BCUT2D eigenvalue weighted by Gasteiger charge is -2.11. The molecule has 6 heteroatoms. The Hall–Kier alpha value is -1.92. The van der Waals surface area contributed by atoms with Gasteiger partial charge in [0.25, 0.3) is 0 Å². The minimum atomic E-state index is -0.0208. The molecule has 0 atom stereocenters. The molecule has 0 aromatic carbocycles. The SMILES string of the molecule is CN(C)CCNc1ccc(NC(=O)Cc2cccs2)cn1. The van der Waals surface area contributed by atoms with Gasteiger partial charge in [-0.1, -0.05) is 6.07 Å². The van der Waals surface area contributed by atoms with E-state index in [2.05, 4.69) is 20.5 Å². The van der Waals surface area contributed by atoms with Gasteiger partial charge in [0.2, 0.25) is 5.91 Å². The van der Waals surface area contributed by atoms with E-state index in [0.717, 1.165) is 29.5 Å². The lowest BCUT2D eigenvalue weighted by molar-refractivity contribution is -0.115. The summed E-state index contributed by atoms with van der Waals surface area (Å²) in [4.78, 5) is 19.3. The highest BCUT2D eigenvalue weighted by Gasteiger charge is 2.05. The molecule has 0 spiro atoms. The van der Waals surface area contributed by atoms with E-state index >= 15 is 0 Å². The van der Waals surface area contributed by atoms with Crippen molar-refractivity contribution in [2.45, 2.75) is 6.42 Å². The Kier molecular flexibility index (Phi) is 5.71. The molecular weight excluding hydrogens is 284 g/mol. The fourth-order valence-corrected chi connectivity index (χ4v) is 2.46. The van der Waals surface area contributed by atoms with Crippen LogP contribution in [0.15, 0.2) is 35.8 Å². The first-order valence-electron chi connectivity index (χ1n) is 6.80. The van der Waals surface area contributed by atoms with Crippen molar-refractivity contribution in [1.82, 2.24) is 9.88 Å². The molecule has 1 amide bonds. The van der Waals surface area contributed by atoms with E-state index in [1.807, 2.05) is 43.7 Å². The number of pyridine rings is 1. The summed E-state index contributed by atoms with van der Waals surface area (Å²) in [6, 6.07) is 7.64. The monoisotopic (exact) mass is 304 g/mol. The van der Waals surface area contributed by atoms with Crippen LogP contribution in [0.2, 0.25) is 0 Å². The van der Waals surface area contributed by atoms with Crippen molar-refractivity contribution in [3.63, 3.8) is 0 Å². The van der Waals surface area contributed by atoms with E-state index < -0.39 is 0 Å². The third-order valence-corrected chi connectivity index (χ3v) is 3.70. The maximum atomic E-state index is 11.9. The van der Waals surface area contributed by atoms with Gasteiger partial charge in [-0.05, 0) is 37.7 Å². The van der Waals surface area contributed by atoms with Crippen molar-refractivity contribution in [3.8, 4) is 0 Å². The number of thiophene rings is 1. The lowest BCUT2D eigenvalue weighted by atomic mass is 10.3. The van der Waals surface area contributed by atoms with Crippen LogP contribution in [0.1, 0.15) is 4.88 Å². The van der Waals surface area contributed by atoms with Gasteiger partial charge in [-0.2, -0.15) is 0 Å². The Labute approximate surface area is 129 Å². The Morgan fingerprint density at radius 2 is 2.19 bits per heavy atom. The van der Waals surface area contributed by atoms with Gasteiger partial charge >= 0.3 is 0 Å². The van der Waals surface area contributed by atoms with Gasteiger partial charge in [-0.15, -0.1) is 11.3 Å². The average Bonchev–Trinajstić information content (AvgIpc) is 2.93. The highest BCUT2D eigenvalue weighted by atomic mass is 32.1. The molecule has 0 fully saturated rings. The van der Waals surface area contributed by atoms with Crippen LogP contribution in [0, 0.1) is 0 Å². The summed E-state index contributed by atoms with van der Waals surface area (Å²) in [6.45, 7) is 1.78. The molecule has 2 heterocycles. The summed E-state index contributed by atoms with van der Waals surface area (Å²) >= 11 is 1.59. The smallest absolute Gasteiger partial charge is 0.229 e. The number of anilines is 2. The van der Waals surface area contributed by atoms with Crippen LogP contribution in [0.5, 0.6) is 0 Å². The van der Waals surface area contributed by atoms with Crippen LogP contribution in [0.25, 0.3) is 0 Å². The molecule has 0 aliphatic carbocycles. The van der Waals surface area contributed by atoms with E-state index in [-0.39, 0.29) is 5.91 Å². The third kappa shape index (κ3) is 5.53. The fraction of sp³-hybridized carbons (Fsp3) is 0.333. The zero-order valence-electron chi connectivity index (χ0n) is 12.3. The number of hydrogen-bond donors (Lipinski definition) is 2. The number of nitrogens with zero attached hydrogens (tertiary/aromatic N) is 2. The van der Waals surface area contributed by atoms with Gasteiger partial charge in [0.05, 0.1) is 18.3 Å². The molecule has 2 aromatic rings. The van der Waals surface area contributed by atoms with E-state index in [4.69, 9.17) is 0 Å². The molecule has 112 valence electrons. The first-order chi connectivity index (χ1) is 10.1. The van der Waals surface area contributed by atoms with E-state index in [0.29, 0.717) is 6.42 Å². The molecule has 0 radical (unpaired) electrons. The normalized spacial score (nSPS) is 10.6. The number of aromatic nitrogens is 1. The number of carbonyl (C=O) groups is 1. The third-order valence-electron chi connectivity index (χ3n) is 2.83. The van der Waals surface area contributed by atoms with E-state index in [1.54, 1.807) is 17.5 Å². The van der Waals surface area contributed by atoms with Crippen molar-refractivity contribution in [2.75, 3.05) is 37.8 Å². The number of hydrogen-bond acceptors (Lipinski definition) is 5. The highest BCUT2D eigenvalue weighted by molar-refractivity contribution is 7.10. The van der Waals surface area contributed by atoms with Crippen molar-refractivity contribution in [2.24, 2.45) is 0 Å². The van der Waals surface area contributed by atoms with Crippen LogP contribution >= 0.6 is 11.3 Å². The Morgan fingerprint density at radius 1 is 1.33 bits per heavy atom. The minimum Gasteiger partial charge on any atom is -0.369 e. The summed E-state index contributed by atoms with van der Waals surface area (Å²) < 4.78 is 0. The maximum Gasteiger partial charge on any atom is 0.229 e. The van der Waals surface area contributed by atoms with Gasteiger partial charge in [0.1, 0.15) is 5.82 Å². The molecule has 21 heavy (non-hydrogen) atoms. The van der Waals surface area contributed by atoms with E-state index in [9.17, 15) is 4.79 Å². The van der Waals surface area contributed by atoms with Gasteiger partial charge in [0, 0.05) is 18.0 Å². The fourth-order valence-electron chi connectivity index (χ4n) is 1.76. The van der Waals surface area contributed by atoms with Crippen molar-refractivity contribution < 1.29 is 4.79 Å². The second-order valence-electron chi connectivity index (χ2n) is 4.97. The molecule has 0 aliphatic rings. The van der Waals surface area contributed by atoms with Crippen LogP contribution in [-0.4, -0.2) is 43.0 Å². The molecule has 0 aliphatic heterocycles. The summed E-state index contributed by atoms with van der Waals surface area (Å²) in [5, 5.41) is 8.05. The van der Waals surface area contributed by atoms with Gasteiger partial charge < -0.3 is 15.5 Å². The quantitative estimate of drug-likeness (QED) is 0.824. The van der Waals surface area contributed by atoms with Crippen LogP contribution in [-0.2, 0) is 11.2 Å². The van der Waals surface area contributed by atoms with Crippen molar-refractivity contribution >= 4 is 28.7 Å². The summed E-state index contributed by atoms with van der Waals surface area (Å²) in [5.41, 5.74) is 0.717. The molecule has 2 rings (SSSR count). The molecule has 0 saturated heterocycles. The summed E-state index contributed by atoms with van der Waals surface area (Å²) in [6.07, 6.45) is 2.07. The Morgan fingerprint density at radius 3 is 2.81 bits per heavy atom. The summed E-state index contributed by atoms with van der Waals surface area (Å²) in [7, 11) is 4.06. The number of likely N-dealkylation sites (N-methyl/N-ethyl adjacent to an activating group) is 1.